The molecule has 4 saturated carbocycles. The molecule has 15 atom stereocenters. The minimum atomic E-state index is -2.56. The van der Waals surface area contributed by atoms with Crippen molar-refractivity contribution in [1.82, 2.24) is 0 Å². The summed E-state index contributed by atoms with van der Waals surface area (Å²) in [6.07, 6.45) is -7.21. The number of allylic oxidation sites excluding steroid dienone is 1. The first-order chi connectivity index (χ1) is 21.2. The van der Waals surface area contributed by atoms with Crippen LogP contribution in [0.25, 0.3) is 0 Å². The Hall–Kier alpha value is -2.56. The van der Waals surface area contributed by atoms with Crippen LogP contribution >= 0.6 is 0 Å². The molecule has 14 nitrogen and oxygen atoms in total. The number of aliphatic carboxylic acids is 1. The zero-order valence-corrected chi connectivity index (χ0v) is 26.3. The van der Waals surface area contributed by atoms with Crippen LogP contribution in [0.4, 0.5) is 0 Å². The van der Waals surface area contributed by atoms with Crippen LogP contribution < -0.4 is 0 Å². The molecule has 0 aromatic carbocycles. The van der Waals surface area contributed by atoms with Crippen molar-refractivity contribution < 1.29 is 68.7 Å². The Morgan fingerprint density at radius 3 is 2.26 bits per heavy atom. The normalized spacial score (nSPS) is 58.6. The Labute approximate surface area is 263 Å². The quantitative estimate of drug-likeness (QED) is 0.135. The van der Waals surface area contributed by atoms with Gasteiger partial charge in [0.1, 0.15) is 46.5 Å². The lowest BCUT2D eigenvalue weighted by Crippen LogP contribution is -2.97. The molecule has 3 saturated heterocycles. The molecule has 7 aliphatic rings. The van der Waals surface area contributed by atoms with Crippen LogP contribution in [0.1, 0.15) is 66.1 Å². The van der Waals surface area contributed by atoms with Crippen molar-refractivity contribution in [2.45, 2.75) is 113 Å². The van der Waals surface area contributed by atoms with Crippen molar-refractivity contribution in [3.05, 3.63) is 35.5 Å². The Morgan fingerprint density at radius 2 is 1.67 bits per heavy atom. The number of hydrogen-bond acceptors (Lipinski definition) is 13. The molecule has 46 heavy (non-hydrogen) atoms. The van der Waals surface area contributed by atoms with Crippen LogP contribution in [-0.2, 0) is 28.5 Å². The molecule has 1 aromatic heterocycles. The number of fused-ring (bicyclic) bond motifs is 3. The van der Waals surface area contributed by atoms with E-state index in [0.717, 1.165) is 0 Å². The highest BCUT2D eigenvalue weighted by atomic mass is 16.9. The van der Waals surface area contributed by atoms with Crippen LogP contribution in [0.3, 0.4) is 0 Å². The fraction of sp³-hybridized carbons (Fsp3) is 0.750. The Morgan fingerprint density at radius 1 is 1.00 bits per heavy atom. The Bertz CT molecular complexity index is 1610. The molecule has 4 bridgehead atoms. The van der Waals surface area contributed by atoms with Crippen molar-refractivity contribution in [2.75, 3.05) is 0 Å². The van der Waals surface area contributed by atoms with Gasteiger partial charge in [-0.25, -0.2) is 4.79 Å². The summed E-state index contributed by atoms with van der Waals surface area (Å²) in [6, 6.07) is 1.51. The molecule has 3 aliphatic heterocycles. The molecule has 7 N–H and O–H groups in total. The summed E-state index contributed by atoms with van der Waals surface area (Å²) in [5.41, 5.74) is -14.4. The van der Waals surface area contributed by atoms with E-state index in [1.807, 2.05) is 0 Å². The number of hydrogen-bond donors (Lipinski definition) is 7. The second-order valence-corrected chi connectivity index (χ2v) is 15.7. The number of rotatable bonds is 4. The van der Waals surface area contributed by atoms with E-state index in [1.165, 1.54) is 32.4 Å². The van der Waals surface area contributed by atoms with Gasteiger partial charge in [0.25, 0.3) is 5.97 Å². The summed E-state index contributed by atoms with van der Waals surface area (Å²) in [7, 11) is 0. The monoisotopic (exact) mass is 648 g/mol. The maximum Gasteiger partial charge on any atom is 0.338 e. The Kier molecular flexibility index (Phi) is 5.46. The zero-order valence-electron chi connectivity index (χ0n) is 26.3. The molecule has 2 spiro atoms. The summed E-state index contributed by atoms with van der Waals surface area (Å²) < 4.78 is 31.2. The van der Waals surface area contributed by atoms with Gasteiger partial charge in [-0.1, -0.05) is 34.6 Å². The molecule has 4 aliphatic carbocycles. The van der Waals surface area contributed by atoms with Crippen LogP contribution in [0.15, 0.2) is 34.3 Å². The maximum atomic E-state index is 14.2. The predicted molar refractivity (Wildman–Crippen MR) is 149 cm³/mol. The van der Waals surface area contributed by atoms with Gasteiger partial charge in [-0.05, 0) is 18.4 Å². The first-order valence-electron chi connectivity index (χ1n) is 15.7. The predicted octanol–water partition coefficient (Wildman–Crippen LogP) is 0.658. The van der Waals surface area contributed by atoms with Gasteiger partial charge in [-0.15, -0.1) is 0 Å². The van der Waals surface area contributed by atoms with E-state index in [0.29, 0.717) is 0 Å². The smallest absolute Gasteiger partial charge is 0.338 e. The van der Waals surface area contributed by atoms with Crippen LogP contribution in [0.2, 0.25) is 0 Å². The van der Waals surface area contributed by atoms with Gasteiger partial charge in [0.15, 0.2) is 0 Å². The Balaban J connectivity index is 1.54. The van der Waals surface area contributed by atoms with E-state index < -0.39 is 117 Å². The van der Waals surface area contributed by atoms with E-state index in [4.69, 9.17) is 23.4 Å². The number of carbonyl (C=O) groups excluding carboxylic acids is 1. The van der Waals surface area contributed by atoms with Crippen LogP contribution in [0.5, 0.6) is 0 Å². The van der Waals surface area contributed by atoms with Crippen molar-refractivity contribution in [1.29, 1.82) is 0 Å². The van der Waals surface area contributed by atoms with Crippen molar-refractivity contribution in [2.24, 2.45) is 34.0 Å². The highest BCUT2D eigenvalue weighted by Gasteiger charge is 3.04. The number of ether oxygens (including phenoxy) is 4. The molecule has 14 heteroatoms. The largest absolute Gasteiger partial charge is 0.511 e. The number of carboxylic acid groups (broad SMARTS) is 1. The minimum absolute atomic E-state index is 0.145. The molecule has 8 rings (SSSR count). The summed E-state index contributed by atoms with van der Waals surface area (Å²) >= 11 is 0. The van der Waals surface area contributed by atoms with Crippen LogP contribution in [-0.4, -0.2) is 100 Å². The summed E-state index contributed by atoms with van der Waals surface area (Å²) in [5.74, 6) is -8.23. The third kappa shape index (κ3) is 2.57. The number of aliphatic hydroxyl groups excluding tert-OH is 5. The van der Waals surface area contributed by atoms with E-state index >= 15 is 0 Å². The average molecular weight is 649 g/mol. The lowest BCUT2D eigenvalue weighted by Gasteiger charge is -2.78. The van der Waals surface area contributed by atoms with Gasteiger partial charge < -0.3 is 59.1 Å². The molecule has 252 valence electrons. The number of aliphatic hydroxyl groups is 6. The number of furan rings is 1. The van der Waals surface area contributed by atoms with Gasteiger partial charge in [0.05, 0.1) is 30.3 Å². The fourth-order valence-corrected chi connectivity index (χ4v) is 12.2. The zero-order chi connectivity index (χ0) is 33.6. The summed E-state index contributed by atoms with van der Waals surface area (Å²) in [4.78, 5) is 26.6. The van der Waals surface area contributed by atoms with E-state index in [2.05, 4.69) is 0 Å². The molecule has 7 fully saturated rings. The van der Waals surface area contributed by atoms with Crippen molar-refractivity contribution in [3.63, 3.8) is 0 Å². The number of carbonyl (C=O) groups is 2. The molecular weight excluding hydrogens is 608 g/mol. The number of carboxylic acids is 1. The SMILES string of the molecule is CC(C)C(O)=C1C(=O)O[C@@H](c2ccoc2)[C@]2(C)C(O)[C@@H](O)[C@@]34OC5(C)OC67CC(C)(C(O)[C@]6(O)[C@@H](O)[C@]3(O5)C12)[C@H](CC(=O)O)[C@]74C. The fourth-order valence-electron chi connectivity index (χ4n) is 12.2. The van der Waals surface area contributed by atoms with E-state index in [9.17, 15) is 45.3 Å². The third-order valence-electron chi connectivity index (χ3n) is 13.6. The van der Waals surface area contributed by atoms with Crippen LogP contribution in [0, 0.1) is 34.0 Å². The van der Waals surface area contributed by atoms with Gasteiger partial charge in [-0.2, -0.15) is 0 Å². The lowest BCUT2D eigenvalue weighted by atomic mass is 9.32. The molecule has 0 amide bonds. The van der Waals surface area contributed by atoms with Gasteiger partial charge in [0, 0.05) is 47.0 Å². The standard InChI is InChI=1S/C32H40O14/c1-12(2)17(35)16-18-26(4,21(43-22(16)38)13-7-8-42-10-13)19(36)20(37)32-27(5)14(9-15(33)34)25(3)11-29(27)30(41,23(25)39)24(40)31(18,32)45-28(6,44-29)46-32/h7-8,10,12,14,18-21,23-24,35-37,39-41H,9,11H2,1-6H3,(H,33,34)/t14-,18?,19?,20+,21-,23?,24+,25?,26-,27+,28?,29?,30-,31+,32-/m0/s1. The lowest BCUT2D eigenvalue weighted by molar-refractivity contribution is -0.491. The first-order valence-corrected chi connectivity index (χ1v) is 15.7. The molecule has 6 unspecified atom stereocenters. The maximum absolute atomic E-state index is 14.2. The summed E-state index contributed by atoms with van der Waals surface area (Å²) in [5, 5.41) is 84.7. The second-order valence-electron chi connectivity index (χ2n) is 15.7. The van der Waals surface area contributed by atoms with Gasteiger partial charge in [-0.3, -0.25) is 4.79 Å². The topological polar surface area (TPSA) is 226 Å². The molecular formula is C32H40O14. The second kappa shape index (κ2) is 8.17. The summed E-state index contributed by atoms with van der Waals surface area (Å²) in [6.45, 7) is 9.27. The molecule has 1 aromatic rings. The van der Waals surface area contributed by atoms with Crippen molar-refractivity contribution >= 4 is 11.9 Å². The number of cyclic esters (lactones) is 1. The average Bonchev–Trinajstić information content (AvgIpc) is 3.67. The van der Waals surface area contributed by atoms with Gasteiger partial charge in [0.2, 0.25) is 0 Å². The van der Waals surface area contributed by atoms with Crippen molar-refractivity contribution in [3.8, 4) is 0 Å². The van der Waals surface area contributed by atoms with E-state index in [1.54, 1.807) is 27.7 Å². The van der Waals surface area contributed by atoms with Gasteiger partial charge >= 0.3 is 11.9 Å². The highest BCUT2D eigenvalue weighted by molar-refractivity contribution is 5.92. The first kappa shape index (κ1) is 30.8. The third-order valence-corrected chi connectivity index (χ3v) is 13.6. The highest BCUT2D eigenvalue weighted by Crippen LogP contribution is 2.89. The number of esters is 1. The van der Waals surface area contributed by atoms with E-state index in [-0.39, 0.29) is 17.6 Å². The molecule has 4 heterocycles. The minimum Gasteiger partial charge on any atom is -0.511 e. The molecule has 0 radical (unpaired) electrons.